The van der Waals surface area contributed by atoms with Gasteiger partial charge in [0.1, 0.15) is 0 Å². The van der Waals surface area contributed by atoms with Crippen molar-refractivity contribution in [2.24, 2.45) is 5.41 Å². The number of aliphatic carboxylic acids is 1. The van der Waals surface area contributed by atoms with Crippen molar-refractivity contribution >= 4 is 5.97 Å². The van der Waals surface area contributed by atoms with Gasteiger partial charge < -0.3 is 14.6 Å². The summed E-state index contributed by atoms with van der Waals surface area (Å²) in [5, 5.41) is 8.72. The quantitative estimate of drug-likeness (QED) is 0.670. The number of ether oxygens (including phenoxy) is 2. The lowest BCUT2D eigenvalue weighted by Crippen LogP contribution is -2.22. The fraction of sp³-hybridized carbons (Fsp3) is 0.909. The molecule has 1 unspecified atom stereocenters. The summed E-state index contributed by atoms with van der Waals surface area (Å²) in [5.41, 5.74) is -0.0771. The maximum Gasteiger partial charge on any atom is 0.303 e. The van der Waals surface area contributed by atoms with E-state index in [1.807, 2.05) is 13.8 Å². The first-order valence-electron chi connectivity index (χ1n) is 5.49. The second-order valence-electron chi connectivity index (χ2n) is 4.35. The minimum atomic E-state index is -0.728. The van der Waals surface area contributed by atoms with Crippen LogP contribution in [0.1, 0.15) is 33.1 Å². The lowest BCUT2D eigenvalue weighted by atomic mass is 10.0. The Balaban J connectivity index is 2.16. The molecule has 0 heterocycles. The highest BCUT2D eigenvalue weighted by atomic mass is 16.5. The lowest BCUT2D eigenvalue weighted by molar-refractivity contribution is -0.139. The zero-order chi connectivity index (χ0) is 11.3. The molecule has 15 heavy (non-hydrogen) atoms. The number of rotatable bonds is 8. The Kier molecular flexibility index (Phi) is 4.54. The van der Waals surface area contributed by atoms with E-state index < -0.39 is 5.97 Å². The van der Waals surface area contributed by atoms with Gasteiger partial charge in [-0.3, -0.25) is 4.79 Å². The van der Waals surface area contributed by atoms with Crippen molar-refractivity contribution in [3.05, 3.63) is 0 Å². The molecule has 1 atom stereocenters. The van der Waals surface area contributed by atoms with E-state index in [4.69, 9.17) is 14.6 Å². The van der Waals surface area contributed by atoms with Gasteiger partial charge in [-0.05, 0) is 26.7 Å². The Labute approximate surface area is 90.6 Å². The van der Waals surface area contributed by atoms with Crippen LogP contribution in [0.5, 0.6) is 0 Å². The number of hydrogen-bond donors (Lipinski definition) is 1. The van der Waals surface area contributed by atoms with Crippen LogP contribution in [-0.4, -0.2) is 37.0 Å². The summed E-state index contributed by atoms with van der Waals surface area (Å²) < 4.78 is 10.8. The third-order valence-electron chi connectivity index (χ3n) is 2.71. The van der Waals surface area contributed by atoms with Crippen LogP contribution in [0.3, 0.4) is 0 Å². The molecule has 1 aliphatic rings. The molecule has 4 heteroatoms. The van der Waals surface area contributed by atoms with Gasteiger partial charge in [0.15, 0.2) is 0 Å². The summed E-state index contributed by atoms with van der Waals surface area (Å²) >= 11 is 0. The summed E-state index contributed by atoms with van der Waals surface area (Å²) in [5.74, 6) is -0.728. The SMILES string of the molecule is CCOCC(C)OCC1(CC(=O)O)CC1. The highest BCUT2D eigenvalue weighted by Gasteiger charge is 2.44. The summed E-state index contributed by atoms with van der Waals surface area (Å²) in [4.78, 5) is 10.6. The number of carboxylic acids is 1. The van der Waals surface area contributed by atoms with Gasteiger partial charge >= 0.3 is 5.97 Å². The summed E-state index contributed by atoms with van der Waals surface area (Å²) in [6.07, 6.45) is 2.23. The average molecular weight is 216 g/mol. The molecule has 0 amide bonds. The highest BCUT2D eigenvalue weighted by molar-refractivity contribution is 5.68. The molecule has 0 aromatic carbocycles. The van der Waals surface area contributed by atoms with Crippen LogP contribution >= 0.6 is 0 Å². The molecule has 1 aliphatic carbocycles. The Morgan fingerprint density at radius 1 is 1.53 bits per heavy atom. The first-order chi connectivity index (χ1) is 7.08. The van der Waals surface area contributed by atoms with Crippen LogP contribution in [0.15, 0.2) is 0 Å². The number of carbonyl (C=O) groups is 1. The average Bonchev–Trinajstić information content (AvgIpc) is 2.91. The molecule has 0 radical (unpaired) electrons. The van der Waals surface area contributed by atoms with Crippen molar-refractivity contribution in [2.75, 3.05) is 19.8 Å². The minimum absolute atomic E-state index is 0.0521. The molecule has 0 bridgehead atoms. The zero-order valence-electron chi connectivity index (χ0n) is 9.49. The van der Waals surface area contributed by atoms with Gasteiger partial charge in [-0.25, -0.2) is 0 Å². The van der Waals surface area contributed by atoms with Gasteiger partial charge in [0, 0.05) is 12.0 Å². The van der Waals surface area contributed by atoms with E-state index in [1.54, 1.807) is 0 Å². The van der Waals surface area contributed by atoms with E-state index in [0.717, 1.165) is 12.8 Å². The second-order valence-corrected chi connectivity index (χ2v) is 4.35. The van der Waals surface area contributed by atoms with Gasteiger partial charge in [-0.15, -0.1) is 0 Å². The number of hydrogen-bond acceptors (Lipinski definition) is 3. The van der Waals surface area contributed by atoms with Crippen molar-refractivity contribution in [1.82, 2.24) is 0 Å². The van der Waals surface area contributed by atoms with E-state index >= 15 is 0 Å². The van der Waals surface area contributed by atoms with Crippen molar-refractivity contribution in [2.45, 2.75) is 39.2 Å². The lowest BCUT2D eigenvalue weighted by Gasteiger charge is -2.17. The normalized spacial score (nSPS) is 19.9. The first-order valence-corrected chi connectivity index (χ1v) is 5.49. The first kappa shape index (κ1) is 12.5. The Bertz CT molecular complexity index is 211. The predicted molar refractivity (Wildman–Crippen MR) is 55.8 cm³/mol. The molecular formula is C11H20O4. The third kappa shape index (κ3) is 4.62. The predicted octanol–water partition coefficient (Wildman–Crippen LogP) is 1.68. The van der Waals surface area contributed by atoms with E-state index in [1.165, 1.54) is 0 Å². The molecule has 4 nitrogen and oxygen atoms in total. The maximum atomic E-state index is 10.6. The van der Waals surface area contributed by atoms with Gasteiger partial charge in [0.25, 0.3) is 0 Å². The van der Waals surface area contributed by atoms with Crippen molar-refractivity contribution < 1.29 is 19.4 Å². The Hall–Kier alpha value is -0.610. The number of carboxylic acid groups (broad SMARTS) is 1. The van der Waals surface area contributed by atoms with Gasteiger partial charge in [0.05, 0.1) is 25.7 Å². The minimum Gasteiger partial charge on any atom is -0.481 e. The van der Waals surface area contributed by atoms with Crippen LogP contribution in [0, 0.1) is 5.41 Å². The Morgan fingerprint density at radius 3 is 2.67 bits per heavy atom. The van der Waals surface area contributed by atoms with Crippen LogP contribution in [-0.2, 0) is 14.3 Å². The van der Waals surface area contributed by atoms with Crippen LogP contribution < -0.4 is 0 Å². The topological polar surface area (TPSA) is 55.8 Å². The molecule has 0 spiro atoms. The van der Waals surface area contributed by atoms with Crippen molar-refractivity contribution in [3.8, 4) is 0 Å². The standard InChI is InChI=1S/C11H20O4/c1-3-14-7-9(2)15-8-11(4-5-11)6-10(12)13/h9H,3-8H2,1-2H3,(H,12,13). The Morgan fingerprint density at radius 2 is 2.20 bits per heavy atom. The van der Waals surface area contributed by atoms with Crippen molar-refractivity contribution in [3.63, 3.8) is 0 Å². The highest BCUT2D eigenvalue weighted by Crippen LogP contribution is 2.49. The zero-order valence-corrected chi connectivity index (χ0v) is 9.49. The van der Waals surface area contributed by atoms with E-state index in [9.17, 15) is 4.79 Å². The molecule has 1 rings (SSSR count). The molecular weight excluding hydrogens is 196 g/mol. The smallest absolute Gasteiger partial charge is 0.303 e. The third-order valence-corrected chi connectivity index (χ3v) is 2.71. The summed E-state index contributed by atoms with van der Waals surface area (Å²) in [6, 6.07) is 0. The summed E-state index contributed by atoms with van der Waals surface area (Å²) in [6.45, 7) is 5.72. The molecule has 1 N–H and O–H groups in total. The van der Waals surface area contributed by atoms with Crippen molar-refractivity contribution in [1.29, 1.82) is 0 Å². The van der Waals surface area contributed by atoms with Crippen LogP contribution in [0.2, 0.25) is 0 Å². The van der Waals surface area contributed by atoms with E-state index in [0.29, 0.717) is 19.8 Å². The fourth-order valence-electron chi connectivity index (χ4n) is 1.52. The van der Waals surface area contributed by atoms with E-state index in [2.05, 4.69) is 0 Å². The summed E-state index contributed by atoms with van der Waals surface area (Å²) in [7, 11) is 0. The molecule has 0 saturated heterocycles. The van der Waals surface area contributed by atoms with Gasteiger partial charge in [-0.2, -0.15) is 0 Å². The second kappa shape index (κ2) is 5.47. The van der Waals surface area contributed by atoms with Crippen LogP contribution in [0.25, 0.3) is 0 Å². The largest absolute Gasteiger partial charge is 0.481 e. The van der Waals surface area contributed by atoms with Crippen LogP contribution in [0.4, 0.5) is 0 Å². The van der Waals surface area contributed by atoms with Gasteiger partial charge in [0.2, 0.25) is 0 Å². The van der Waals surface area contributed by atoms with Gasteiger partial charge in [-0.1, -0.05) is 0 Å². The van der Waals surface area contributed by atoms with E-state index in [-0.39, 0.29) is 17.9 Å². The maximum absolute atomic E-state index is 10.6. The fourth-order valence-corrected chi connectivity index (χ4v) is 1.52. The molecule has 0 aromatic heterocycles. The molecule has 1 saturated carbocycles. The molecule has 88 valence electrons. The monoisotopic (exact) mass is 216 g/mol. The molecule has 0 aromatic rings. The molecule has 1 fully saturated rings. The molecule has 0 aliphatic heterocycles.